The van der Waals surface area contributed by atoms with E-state index < -0.39 is 17.5 Å². The molecule has 114 valence electrons. The molecule has 1 aromatic carbocycles. The number of benzene rings is 1. The number of nitrogens with zero attached hydrogens (tertiary/aromatic N) is 1. The van der Waals surface area contributed by atoms with Gasteiger partial charge in [0.15, 0.2) is 11.6 Å². The molecule has 0 radical (unpaired) electrons. The van der Waals surface area contributed by atoms with Crippen LogP contribution in [0.3, 0.4) is 0 Å². The van der Waals surface area contributed by atoms with Gasteiger partial charge in [0.2, 0.25) is 0 Å². The molecule has 0 spiro atoms. The van der Waals surface area contributed by atoms with Crippen LogP contribution in [0.4, 0.5) is 9.18 Å². The standard InChI is InChI=1S/C16H20FNO3/c1-5-10-20-15(19)18-9-8-11-12(18)6-7-13(14(11)17)21-16(2,3)4/h6-9H,5,10H2,1-4H3. The zero-order valence-electron chi connectivity index (χ0n) is 12.8. The Hall–Kier alpha value is -2.04. The number of fused-ring (bicyclic) bond motifs is 1. The molecule has 5 heteroatoms. The van der Waals surface area contributed by atoms with E-state index >= 15 is 0 Å². The van der Waals surface area contributed by atoms with Crippen LogP contribution in [0.25, 0.3) is 10.9 Å². The van der Waals surface area contributed by atoms with Gasteiger partial charge in [-0.15, -0.1) is 0 Å². The van der Waals surface area contributed by atoms with Crippen LogP contribution in [0.15, 0.2) is 24.4 Å². The largest absolute Gasteiger partial charge is 0.485 e. The summed E-state index contributed by atoms with van der Waals surface area (Å²) in [5.74, 6) is -0.292. The number of hydrogen-bond donors (Lipinski definition) is 0. The molecule has 0 atom stereocenters. The molecular formula is C16H20FNO3. The number of aromatic nitrogens is 1. The van der Waals surface area contributed by atoms with Gasteiger partial charge in [0.25, 0.3) is 0 Å². The van der Waals surface area contributed by atoms with Crippen LogP contribution in [0.2, 0.25) is 0 Å². The zero-order valence-corrected chi connectivity index (χ0v) is 12.8. The van der Waals surface area contributed by atoms with Crippen molar-refractivity contribution in [2.45, 2.75) is 39.7 Å². The Bertz CT molecular complexity index is 655. The lowest BCUT2D eigenvalue weighted by atomic mass is 10.1. The minimum Gasteiger partial charge on any atom is -0.485 e. The number of carbonyl (C=O) groups is 1. The van der Waals surface area contributed by atoms with Crippen LogP contribution in [-0.2, 0) is 4.74 Å². The summed E-state index contributed by atoms with van der Waals surface area (Å²) >= 11 is 0. The fraction of sp³-hybridized carbons (Fsp3) is 0.438. The molecule has 21 heavy (non-hydrogen) atoms. The molecule has 2 aromatic rings. The van der Waals surface area contributed by atoms with Gasteiger partial charge in [0.05, 0.1) is 12.1 Å². The average Bonchev–Trinajstić information content (AvgIpc) is 2.82. The molecule has 0 fully saturated rings. The molecule has 0 bridgehead atoms. The van der Waals surface area contributed by atoms with Crippen molar-refractivity contribution >= 4 is 17.0 Å². The highest BCUT2D eigenvalue weighted by molar-refractivity contribution is 5.90. The minimum atomic E-state index is -0.504. The maximum absolute atomic E-state index is 14.4. The first-order valence-electron chi connectivity index (χ1n) is 6.99. The van der Waals surface area contributed by atoms with Gasteiger partial charge in [-0.3, -0.25) is 4.57 Å². The molecule has 0 aliphatic carbocycles. The second-order valence-electron chi connectivity index (χ2n) is 5.83. The molecule has 0 saturated heterocycles. The van der Waals surface area contributed by atoms with Crippen LogP contribution in [-0.4, -0.2) is 22.9 Å². The van der Waals surface area contributed by atoms with Gasteiger partial charge in [0, 0.05) is 11.6 Å². The van der Waals surface area contributed by atoms with E-state index in [9.17, 15) is 9.18 Å². The van der Waals surface area contributed by atoms with Gasteiger partial charge in [-0.05, 0) is 45.4 Å². The first-order valence-corrected chi connectivity index (χ1v) is 6.99. The lowest BCUT2D eigenvalue weighted by molar-refractivity contribution is 0.125. The molecule has 1 heterocycles. The van der Waals surface area contributed by atoms with Gasteiger partial charge in [0.1, 0.15) is 5.60 Å². The Morgan fingerprint density at radius 1 is 1.29 bits per heavy atom. The van der Waals surface area contributed by atoms with Crippen molar-refractivity contribution < 1.29 is 18.7 Å². The van der Waals surface area contributed by atoms with E-state index in [-0.39, 0.29) is 5.75 Å². The molecule has 4 nitrogen and oxygen atoms in total. The quantitative estimate of drug-likeness (QED) is 0.844. The first-order chi connectivity index (χ1) is 9.83. The zero-order chi connectivity index (χ0) is 15.6. The summed E-state index contributed by atoms with van der Waals surface area (Å²) in [6, 6.07) is 4.74. The fourth-order valence-corrected chi connectivity index (χ4v) is 1.99. The van der Waals surface area contributed by atoms with Crippen LogP contribution in [0.1, 0.15) is 34.1 Å². The molecular weight excluding hydrogens is 273 g/mol. The smallest absolute Gasteiger partial charge is 0.418 e. The summed E-state index contributed by atoms with van der Waals surface area (Å²) in [6.07, 6.45) is 1.74. The maximum Gasteiger partial charge on any atom is 0.418 e. The summed E-state index contributed by atoms with van der Waals surface area (Å²) in [6.45, 7) is 7.81. The summed E-state index contributed by atoms with van der Waals surface area (Å²) < 4.78 is 26.4. The Morgan fingerprint density at radius 2 is 2.00 bits per heavy atom. The van der Waals surface area contributed by atoms with Gasteiger partial charge in [-0.1, -0.05) is 6.92 Å². The highest BCUT2D eigenvalue weighted by Crippen LogP contribution is 2.29. The number of rotatable bonds is 3. The Kier molecular flexibility index (Phi) is 4.21. The molecule has 0 aliphatic rings. The monoisotopic (exact) mass is 293 g/mol. The van der Waals surface area contributed by atoms with Gasteiger partial charge in [-0.2, -0.15) is 0 Å². The molecule has 0 unspecified atom stereocenters. The van der Waals surface area contributed by atoms with Crippen LogP contribution < -0.4 is 4.74 Å². The first kappa shape index (κ1) is 15.4. The van der Waals surface area contributed by atoms with Crippen molar-refractivity contribution in [3.8, 4) is 5.75 Å². The number of hydrogen-bond acceptors (Lipinski definition) is 3. The Morgan fingerprint density at radius 3 is 2.62 bits per heavy atom. The van der Waals surface area contributed by atoms with E-state index in [2.05, 4.69) is 0 Å². The third-order valence-corrected chi connectivity index (χ3v) is 2.81. The van der Waals surface area contributed by atoms with Gasteiger partial charge < -0.3 is 9.47 Å². The third-order valence-electron chi connectivity index (χ3n) is 2.81. The maximum atomic E-state index is 14.4. The van der Waals surface area contributed by atoms with E-state index in [1.54, 1.807) is 12.1 Å². The highest BCUT2D eigenvalue weighted by atomic mass is 19.1. The molecule has 0 aliphatic heterocycles. The van der Waals surface area contributed by atoms with E-state index in [4.69, 9.17) is 9.47 Å². The third kappa shape index (κ3) is 3.35. The van der Waals surface area contributed by atoms with E-state index in [0.717, 1.165) is 6.42 Å². The van der Waals surface area contributed by atoms with Crippen LogP contribution in [0, 0.1) is 5.82 Å². The van der Waals surface area contributed by atoms with Gasteiger partial charge in [-0.25, -0.2) is 9.18 Å². The van der Waals surface area contributed by atoms with Crippen molar-refractivity contribution in [3.05, 3.63) is 30.2 Å². The van der Waals surface area contributed by atoms with Crippen molar-refractivity contribution in [1.82, 2.24) is 4.57 Å². The van der Waals surface area contributed by atoms with Crippen LogP contribution in [0.5, 0.6) is 5.75 Å². The van der Waals surface area contributed by atoms with E-state index in [1.807, 2.05) is 27.7 Å². The predicted octanol–water partition coefficient (Wildman–Crippen LogP) is 4.35. The highest BCUT2D eigenvalue weighted by Gasteiger charge is 2.19. The van der Waals surface area contributed by atoms with Crippen molar-refractivity contribution in [1.29, 1.82) is 0 Å². The summed E-state index contributed by atoms with van der Waals surface area (Å²) in [5.41, 5.74) is -0.0215. The Balaban J connectivity index is 2.38. The normalized spacial score (nSPS) is 11.7. The molecule has 0 saturated carbocycles. The molecule has 0 N–H and O–H groups in total. The summed E-state index contributed by atoms with van der Waals surface area (Å²) in [4.78, 5) is 11.9. The second kappa shape index (κ2) is 5.76. The number of carbonyl (C=O) groups excluding carboxylic acids is 1. The van der Waals surface area contributed by atoms with Crippen molar-refractivity contribution in [2.75, 3.05) is 6.61 Å². The lowest BCUT2D eigenvalue weighted by Crippen LogP contribution is -2.23. The fourth-order valence-electron chi connectivity index (χ4n) is 1.99. The van der Waals surface area contributed by atoms with Crippen molar-refractivity contribution in [2.24, 2.45) is 0 Å². The SMILES string of the molecule is CCCOC(=O)n1ccc2c(F)c(OC(C)(C)C)ccc21. The summed E-state index contributed by atoms with van der Waals surface area (Å²) in [7, 11) is 0. The lowest BCUT2D eigenvalue weighted by Gasteiger charge is -2.21. The molecule has 0 amide bonds. The Labute approximate surface area is 123 Å². The topological polar surface area (TPSA) is 40.5 Å². The second-order valence-corrected chi connectivity index (χ2v) is 5.83. The predicted molar refractivity (Wildman–Crippen MR) is 79.3 cm³/mol. The molecule has 1 aromatic heterocycles. The minimum absolute atomic E-state index is 0.176. The average molecular weight is 293 g/mol. The number of halogens is 1. The van der Waals surface area contributed by atoms with Crippen LogP contribution >= 0.6 is 0 Å². The van der Waals surface area contributed by atoms with Gasteiger partial charge >= 0.3 is 6.09 Å². The summed E-state index contributed by atoms with van der Waals surface area (Å²) in [5, 5.41) is 0.338. The number of ether oxygens (including phenoxy) is 2. The molecule has 2 rings (SSSR count). The van der Waals surface area contributed by atoms with E-state index in [0.29, 0.717) is 17.5 Å². The van der Waals surface area contributed by atoms with Crippen molar-refractivity contribution in [3.63, 3.8) is 0 Å². The van der Waals surface area contributed by atoms with E-state index in [1.165, 1.54) is 16.8 Å².